The summed E-state index contributed by atoms with van der Waals surface area (Å²) in [5.41, 5.74) is 2.43. The van der Waals surface area contributed by atoms with Gasteiger partial charge < -0.3 is 9.88 Å². The molecule has 3 rings (SSSR count). The number of nitrogens with zero attached hydrogens (tertiary/aromatic N) is 3. The maximum Gasteiger partial charge on any atom is 0.128 e. The fourth-order valence-corrected chi connectivity index (χ4v) is 2.00. The van der Waals surface area contributed by atoms with E-state index in [1.807, 2.05) is 12.5 Å². The lowest BCUT2D eigenvalue weighted by molar-refractivity contribution is 0.797. The van der Waals surface area contributed by atoms with E-state index in [1.165, 1.54) is 11.1 Å². The molecule has 2 heterocycles. The zero-order valence-electron chi connectivity index (χ0n) is 9.50. The summed E-state index contributed by atoms with van der Waals surface area (Å²) in [5.74, 6) is 1.01. The van der Waals surface area contributed by atoms with Crippen LogP contribution in [0, 0.1) is 0 Å². The van der Waals surface area contributed by atoms with E-state index in [-0.39, 0.29) is 0 Å². The number of hydrogen-bond acceptors (Lipinski definition) is 3. The van der Waals surface area contributed by atoms with Crippen molar-refractivity contribution < 1.29 is 0 Å². The highest BCUT2D eigenvalue weighted by Gasteiger charge is 2.07. The van der Waals surface area contributed by atoms with E-state index < -0.39 is 0 Å². The third-order valence-corrected chi connectivity index (χ3v) is 2.80. The topological polar surface area (TPSA) is 42.2 Å². The van der Waals surface area contributed by atoms with Gasteiger partial charge >= 0.3 is 0 Å². The molecule has 86 valence electrons. The van der Waals surface area contributed by atoms with Crippen LogP contribution in [0.5, 0.6) is 0 Å². The SMILES string of the molecule is c1cc(Cn2ccnc2)cc(C2=NCCN2)c1. The maximum atomic E-state index is 4.43. The molecular weight excluding hydrogens is 212 g/mol. The van der Waals surface area contributed by atoms with Crippen LogP contribution in [0.1, 0.15) is 11.1 Å². The van der Waals surface area contributed by atoms with Crippen LogP contribution in [-0.4, -0.2) is 28.5 Å². The molecule has 0 saturated heterocycles. The van der Waals surface area contributed by atoms with Crippen molar-refractivity contribution in [3.05, 3.63) is 54.1 Å². The van der Waals surface area contributed by atoms with Crippen LogP contribution < -0.4 is 5.32 Å². The van der Waals surface area contributed by atoms with Crippen LogP contribution >= 0.6 is 0 Å². The van der Waals surface area contributed by atoms with Gasteiger partial charge in [0.15, 0.2) is 0 Å². The molecule has 4 heteroatoms. The fraction of sp³-hybridized carbons (Fsp3) is 0.231. The first-order valence-corrected chi connectivity index (χ1v) is 5.75. The van der Waals surface area contributed by atoms with Crippen LogP contribution in [0.15, 0.2) is 48.0 Å². The molecular formula is C13H14N4. The minimum absolute atomic E-state index is 0.848. The Morgan fingerprint density at radius 3 is 3.12 bits per heavy atom. The molecule has 1 aromatic heterocycles. The molecule has 17 heavy (non-hydrogen) atoms. The maximum absolute atomic E-state index is 4.43. The number of aliphatic imine (C=N–C) groups is 1. The summed E-state index contributed by atoms with van der Waals surface area (Å²) < 4.78 is 2.06. The van der Waals surface area contributed by atoms with Crippen molar-refractivity contribution in [2.75, 3.05) is 13.1 Å². The molecule has 0 fully saturated rings. The highest BCUT2D eigenvalue weighted by molar-refractivity contribution is 5.99. The van der Waals surface area contributed by atoms with Crippen molar-refractivity contribution in [3.8, 4) is 0 Å². The van der Waals surface area contributed by atoms with Crippen LogP contribution in [0.3, 0.4) is 0 Å². The fourth-order valence-electron chi connectivity index (χ4n) is 2.00. The number of amidine groups is 1. The Hall–Kier alpha value is -2.10. The van der Waals surface area contributed by atoms with Gasteiger partial charge in [-0.15, -0.1) is 0 Å². The van der Waals surface area contributed by atoms with Gasteiger partial charge in [-0.05, 0) is 11.6 Å². The number of nitrogens with one attached hydrogen (secondary N) is 1. The first kappa shape index (κ1) is 10.1. The van der Waals surface area contributed by atoms with Crippen molar-refractivity contribution >= 4 is 5.84 Å². The Kier molecular flexibility index (Phi) is 2.62. The van der Waals surface area contributed by atoms with Gasteiger partial charge in [-0.2, -0.15) is 0 Å². The number of hydrogen-bond donors (Lipinski definition) is 1. The molecule has 0 amide bonds. The molecule has 1 aliphatic rings. The molecule has 0 bridgehead atoms. The van der Waals surface area contributed by atoms with Crippen molar-refractivity contribution in [3.63, 3.8) is 0 Å². The Bertz CT molecular complexity index is 528. The van der Waals surface area contributed by atoms with Crippen molar-refractivity contribution in [1.29, 1.82) is 0 Å². The second-order valence-corrected chi connectivity index (χ2v) is 4.09. The Balaban J connectivity index is 1.84. The lowest BCUT2D eigenvalue weighted by atomic mass is 10.1. The van der Waals surface area contributed by atoms with Gasteiger partial charge in [0.25, 0.3) is 0 Å². The first-order chi connectivity index (χ1) is 8.42. The van der Waals surface area contributed by atoms with Crippen LogP contribution in [0.25, 0.3) is 0 Å². The minimum atomic E-state index is 0.848. The normalized spacial score (nSPS) is 14.5. The molecule has 0 spiro atoms. The third-order valence-electron chi connectivity index (χ3n) is 2.80. The predicted octanol–water partition coefficient (Wildman–Crippen LogP) is 1.28. The highest BCUT2D eigenvalue weighted by atomic mass is 15.1. The van der Waals surface area contributed by atoms with E-state index in [2.05, 4.69) is 44.1 Å². The van der Waals surface area contributed by atoms with Gasteiger partial charge in [0, 0.05) is 31.0 Å². The van der Waals surface area contributed by atoms with Crippen molar-refractivity contribution in [2.45, 2.75) is 6.54 Å². The summed E-state index contributed by atoms with van der Waals surface area (Å²) in [4.78, 5) is 8.48. The van der Waals surface area contributed by atoms with Gasteiger partial charge in [0.2, 0.25) is 0 Å². The molecule has 2 aromatic rings. The Morgan fingerprint density at radius 1 is 1.35 bits per heavy atom. The van der Waals surface area contributed by atoms with Gasteiger partial charge in [0.05, 0.1) is 12.9 Å². The molecule has 0 radical (unpaired) electrons. The smallest absolute Gasteiger partial charge is 0.128 e. The molecule has 4 nitrogen and oxygen atoms in total. The van der Waals surface area contributed by atoms with E-state index in [1.54, 1.807) is 6.20 Å². The van der Waals surface area contributed by atoms with E-state index >= 15 is 0 Å². The summed E-state index contributed by atoms with van der Waals surface area (Å²) >= 11 is 0. The van der Waals surface area contributed by atoms with Crippen molar-refractivity contribution in [2.24, 2.45) is 4.99 Å². The predicted molar refractivity (Wildman–Crippen MR) is 67.2 cm³/mol. The zero-order valence-corrected chi connectivity index (χ0v) is 9.50. The quantitative estimate of drug-likeness (QED) is 0.856. The van der Waals surface area contributed by atoms with Crippen LogP contribution in [0.4, 0.5) is 0 Å². The number of benzene rings is 1. The summed E-state index contributed by atoms with van der Waals surface area (Å²) in [6.45, 7) is 2.67. The molecule has 1 aliphatic heterocycles. The van der Waals surface area contributed by atoms with Gasteiger partial charge in [-0.25, -0.2) is 4.98 Å². The van der Waals surface area contributed by atoms with Gasteiger partial charge in [-0.3, -0.25) is 4.99 Å². The molecule has 0 saturated carbocycles. The number of imidazole rings is 1. The molecule has 0 aliphatic carbocycles. The third kappa shape index (κ3) is 2.20. The van der Waals surface area contributed by atoms with E-state index in [0.29, 0.717) is 0 Å². The van der Waals surface area contributed by atoms with E-state index in [9.17, 15) is 0 Å². The summed E-state index contributed by atoms with van der Waals surface area (Å²) in [6, 6.07) is 8.47. The summed E-state index contributed by atoms with van der Waals surface area (Å²) in [5, 5.41) is 3.29. The van der Waals surface area contributed by atoms with Crippen LogP contribution in [-0.2, 0) is 6.54 Å². The number of aromatic nitrogens is 2. The van der Waals surface area contributed by atoms with Gasteiger partial charge in [-0.1, -0.05) is 18.2 Å². The first-order valence-electron chi connectivity index (χ1n) is 5.75. The second-order valence-electron chi connectivity index (χ2n) is 4.09. The standard InChI is InChI=1S/C13H14N4/c1-2-11(9-17-7-6-14-10-17)8-12(3-1)13-15-4-5-16-13/h1-3,6-8,10H,4-5,9H2,(H,15,16). The molecule has 0 atom stereocenters. The Labute approximate surface area is 100 Å². The molecule has 1 aromatic carbocycles. The Morgan fingerprint density at radius 2 is 2.35 bits per heavy atom. The highest BCUT2D eigenvalue weighted by Crippen LogP contribution is 2.09. The van der Waals surface area contributed by atoms with Gasteiger partial charge in [0.1, 0.15) is 5.84 Å². The second kappa shape index (κ2) is 4.41. The lowest BCUT2D eigenvalue weighted by Crippen LogP contribution is -2.19. The molecule has 1 N–H and O–H groups in total. The molecule has 0 unspecified atom stereocenters. The lowest BCUT2D eigenvalue weighted by Gasteiger charge is -2.06. The average Bonchev–Trinajstić information content (AvgIpc) is 3.01. The average molecular weight is 226 g/mol. The largest absolute Gasteiger partial charge is 0.368 e. The summed E-state index contributed by atoms with van der Waals surface area (Å²) in [6.07, 6.45) is 5.60. The van der Waals surface area contributed by atoms with Crippen molar-refractivity contribution in [1.82, 2.24) is 14.9 Å². The minimum Gasteiger partial charge on any atom is -0.368 e. The zero-order chi connectivity index (χ0) is 11.5. The van der Waals surface area contributed by atoms with E-state index in [4.69, 9.17) is 0 Å². The monoisotopic (exact) mass is 226 g/mol. The number of rotatable bonds is 3. The summed E-state index contributed by atoms with van der Waals surface area (Å²) in [7, 11) is 0. The van der Waals surface area contributed by atoms with Crippen LogP contribution in [0.2, 0.25) is 0 Å². The van der Waals surface area contributed by atoms with E-state index in [0.717, 1.165) is 25.5 Å².